The Hall–Kier alpha value is -0.120. The van der Waals surface area contributed by atoms with E-state index in [1.807, 2.05) is 0 Å². The lowest BCUT2D eigenvalue weighted by atomic mass is 9.39. The third-order valence-electron chi connectivity index (χ3n) is 11.6. The van der Waals surface area contributed by atoms with Gasteiger partial charge in [-0.15, -0.1) is 0 Å². The van der Waals surface area contributed by atoms with Crippen LogP contribution in [0.3, 0.4) is 0 Å². The van der Waals surface area contributed by atoms with Gasteiger partial charge in [0.15, 0.2) is 0 Å². The summed E-state index contributed by atoms with van der Waals surface area (Å²) in [4.78, 5) is 0. The van der Waals surface area contributed by atoms with Crippen molar-refractivity contribution < 1.29 is 15.3 Å². The number of aliphatic hydroxyl groups is 3. The molecule has 0 aromatic heterocycles. The van der Waals surface area contributed by atoms with Crippen molar-refractivity contribution in [2.45, 2.75) is 124 Å². The zero-order chi connectivity index (χ0) is 22.8. The molecule has 0 saturated heterocycles. The lowest BCUT2D eigenvalue weighted by Crippen LogP contribution is -2.65. The first-order valence-corrected chi connectivity index (χ1v) is 13.5. The summed E-state index contributed by atoms with van der Waals surface area (Å²) in [6.07, 6.45) is 9.81. The molecule has 3 heteroatoms. The van der Waals surface area contributed by atoms with Gasteiger partial charge in [0, 0.05) is 0 Å². The second-order valence-electron chi connectivity index (χ2n) is 13.5. The number of rotatable bonds is 5. The van der Waals surface area contributed by atoms with E-state index in [1.165, 1.54) is 32.1 Å². The van der Waals surface area contributed by atoms with Gasteiger partial charge in [0.05, 0.1) is 18.3 Å². The van der Waals surface area contributed by atoms with Crippen molar-refractivity contribution in [1.29, 1.82) is 0 Å². The molecule has 0 aromatic rings. The molecule has 3 unspecified atom stereocenters. The standard InChI is InChI=1S/C28H50O3/c1-17(2)8-7-9-18(3)20-10-11-21-25-22(14-24(31)28(20,21)6)27(5)13-12-19(29)15-26(27,4)16-23(25)30/h17-25,29-31H,7-16H2,1-6H3/t18-,19-,20-,21?,22?,23-,24+,25?,26-,27-,28-/m1/s1. The Kier molecular flexibility index (Phi) is 6.41. The molecule has 4 aliphatic rings. The van der Waals surface area contributed by atoms with Crippen LogP contribution in [0, 0.1) is 51.8 Å². The Balaban J connectivity index is 1.59. The molecular formula is C28H50O3. The van der Waals surface area contributed by atoms with E-state index >= 15 is 0 Å². The summed E-state index contributed by atoms with van der Waals surface area (Å²) >= 11 is 0. The Morgan fingerprint density at radius 3 is 2.26 bits per heavy atom. The Morgan fingerprint density at radius 1 is 0.871 bits per heavy atom. The van der Waals surface area contributed by atoms with Crippen LogP contribution in [0.4, 0.5) is 0 Å². The molecule has 0 aliphatic heterocycles. The number of aliphatic hydroxyl groups excluding tert-OH is 3. The van der Waals surface area contributed by atoms with Crippen LogP contribution in [-0.2, 0) is 0 Å². The van der Waals surface area contributed by atoms with Crippen LogP contribution < -0.4 is 0 Å². The maximum Gasteiger partial charge on any atom is 0.0602 e. The van der Waals surface area contributed by atoms with E-state index in [1.54, 1.807) is 0 Å². The monoisotopic (exact) mass is 434 g/mol. The van der Waals surface area contributed by atoms with Crippen LogP contribution in [0.25, 0.3) is 0 Å². The smallest absolute Gasteiger partial charge is 0.0602 e. The predicted octanol–water partition coefficient (Wildman–Crippen LogP) is 5.80. The summed E-state index contributed by atoms with van der Waals surface area (Å²) in [5.41, 5.74) is 0.0257. The van der Waals surface area contributed by atoms with Gasteiger partial charge in [-0.1, -0.05) is 60.8 Å². The van der Waals surface area contributed by atoms with Gasteiger partial charge in [0.1, 0.15) is 0 Å². The second kappa shape index (κ2) is 8.27. The highest BCUT2D eigenvalue weighted by Gasteiger charge is 2.68. The molecule has 4 rings (SSSR count). The minimum atomic E-state index is -0.291. The van der Waals surface area contributed by atoms with Crippen LogP contribution in [0.1, 0.15) is 106 Å². The molecule has 0 spiro atoms. The highest BCUT2D eigenvalue weighted by molar-refractivity contribution is 5.16. The van der Waals surface area contributed by atoms with Gasteiger partial charge >= 0.3 is 0 Å². The summed E-state index contributed by atoms with van der Waals surface area (Å²) in [5, 5.41) is 33.7. The van der Waals surface area contributed by atoms with Crippen molar-refractivity contribution in [2.75, 3.05) is 0 Å². The molecular weight excluding hydrogens is 384 g/mol. The highest BCUT2D eigenvalue weighted by Crippen LogP contribution is 2.71. The molecule has 0 radical (unpaired) electrons. The summed E-state index contributed by atoms with van der Waals surface area (Å²) < 4.78 is 0. The lowest BCUT2D eigenvalue weighted by Gasteiger charge is -2.67. The van der Waals surface area contributed by atoms with Crippen LogP contribution in [0.5, 0.6) is 0 Å². The summed E-state index contributed by atoms with van der Waals surface area (Å²) in [7, 11) is 0. The molecule has 11 atom stereocenters. The largest absolute Gasteiger partial charge is 0.393 e. The Labute approximate surface area is 191 Å². The van der Waals surface area contributed by atoms with Gasteiger partial charge in [0.25, 0.3) is 0 Å². The average Bonchev–Trinajstić information content (AvgIpc) is 3.02. The van der Waals surface area contributed by atoms with Crippen molar-refractivity contribution in [3.05, 3.63) is 0 Å². The topological polar surface area (TPSA) is 60.7 Å². The predicted molar refractivity (Wildman–Crippen MR) is 126 cm³/mol. The maximum absolute atomic E-state index is 11.7. The van der Waals surface area contributed by atoms with E-state index in [4.69, 9.17) is 0 Å². The van der Waals surface area contributed by atoms with Crippen molar-refractivity contribution >= 4 is 0 Å². The third-order valence-corrected chi connectivity index (χ3v) is 11.6. The van der Waals surface area contributed by atoms with Crippen molar-refractivity contribution in [2.24, 2.45) is 51.8 Å². The summed E-state index contributed by atoms with van der Waals surface area (Å²) in [5.74, 6) is 3.10. The zero-order valence-corrected chi connectivity index (χ0v) is 21.1. The van der Waals surface area contributed by atoms with Crippen LogP contribution in [-0.4, -0.2) is 33.6 Å². The van der Waals surface area contributed by atoms with Gasteiger partial charge in [-0.05, 0) is 96.7 Å². The summed E-state index contributed by atoms with van der Waals surface area (Å²) in [6.45, 7) is 14.2. The van der Waals surface area contributed by atoms with Crippen molar-refractivity contribution in [1.82, 2.24) is 0 Å². The quantitative estimate of drug-likeness (QED) is 0.512. The van der Waals surface area contributed by atoms with Gasteiger partial charge in [-0.3, -0.25) is 0 Å². The normalized spacial score (nSPS) is 53.0. The molecule has 0 bridgehead atoms. The van der Waals surface area contributed by atoms with Gasteiger partial charge in [0.2, 0.25) is 0 Å². The van der Waals surface area contributed by atoms with Gasteiger partial charge < -0.3 is 15.3 Å². The van der Waals surface area contributed by atoms with E-state index in [-0.39, 0.29) is 34.6 Å². The average molecular weight is 435 g/mol. The first-order valence-electron chi connectivity index (χ1n) is 13.5. The fourth-order valence-corrected chi connectivity index (χ4v) is 9.63. The molecule has 0 heterocycles. The Morgan fingerprint density at radius 2 is 1.58 bits per heavy atom. The van der Waals surface area contributed by atoms with E-state index in [0.717, 1.165) is 38.0 Å². The fraction of sp³-hybridized carbons (Fsp3) is 1.00. The fourth-order valence-electron chi connectivity index (χ4n) is 9.63. The van der Waals surface area contributed by atoms with Crippen LogP contribution in [0.15, 0.2) is 0 Å². The molecule has 0 aromatic carbocycles. The number of hydrogen-bond acceptors (Lipinski definition) is 3. The first-order chi connectivity index (χ1) is 14.4. The van der Waals surface area contributed by atoms with E-state index in [0.29, 0.717) is 29.6 Å². The SMILES string of the molecule is CC(C)CCC[C@@H](C)[C@H]1CCC2C3C(C[C@H](O)[C@@]21C)[C@@]1(C)CC[C@@H](O)C[C@]1(C)C[C@H]3O. The van der Waals surface area contributed by atoms with E-state index in [9.17, 15) is 15.3 Å². The molecule has 3 N–H and O–H groups in total. The Bertz CT molecular complexity index is 648. The van der Waals surface area contributed by atoms with E-state index in [2.05, 4.69) is 41.5 Å². The second-order valence-corrected chi connectivity index (χ2v) is 13.5. The molecule has 31 heavy (non-hydrogen) atoms. The molecule has 4 aliphatic carbocycles. The van der Waals surface area contributed by atoms with Crippen LogP contribution >= 0.6 is 0 Å². The van der Waals surface area contributed by atoms with Crippen molar-refractivity contribution in [3.63, 3.8) is 0 Å². The molecule has 3 nitrogen and oxygen atoms in total. The van der Waals surface area contributed by atoms with Crippen LogP contribution in [0.2, 0.25) is 0 Å². The minimum Gasteiger partial charge on any atom is -0.393 e. The first kappa shape index (κ1) is 24.0. The molecule has 4 saturated carbocycles. The van der Waals surface area contributed by atoms with Gasteiger partial charge in [-0.2, -0.15) is 0 Å². The van der Waals surface area contributed by atoms with E-state index < -0.39 is 0 Å². The highest BCUT2D eigenvalue weighted by atomic mass is 16.3. The molecule has 0 amide bonds. The lowest BCUT2D eigenvalue weighted by molar-refractivity contribution is -0.233. The molecule has 4 fully saturated rings. The van der Waals surface area contributed by atoms with Crippen molar-refractivity contribution in [3.8, 4) is 0 Å². The number of hydrogen-bond donors (Lipinski definition) is 3. The summed E-state index contributed by atoms with van der Waals surface area (Å²) in [6, 6.07) is 0. The zero-order valence-electron chi connectivity index (χ0n) is 21.1. The third kappa shape index (κ3) is 3.64. The maximum atomic E-state index is 11.7. The number of fused-ring (bicyclic) bond motifs is 5. The minimum absolute atomic E-state index is 0.0269. The van der Waals surface area contributed by atoms with Gasteiger partial charge in [-0.25, -0.2) is 0 Å². The molecule has 180 valence electrons.